The maximum Gasteiger partial charge on any atom is 0.401 e. The highest BCUT2D eigenvalue weighted by Crippen LogP contribution is 2.22. The zero-order valence-corrected chi connectivity index (χ0v) is 9.56. The molecular weight excluding hydrogens is 219 g/mol. The van der Waals surface area contributed by atoms with Gasteiger partial charge in [0.25, 0.3) is 0 Å². The van der Waals surface area contributed by atoms with Gasteiger partial charge in [-0.2, -0.15) is 13.2 Å². The van der Waals surface area contributed by atoms with Gasteiger partial charge in [0.15, 0.2) is 0 Å². The van der Waals surface area contributed by atoms with Crippen molar-refractivity contribution in [2.24, 2.45) is 11.7 Å². The van der Waals surface area contributed by atoms with Gasteiger partial charge in [0, 0.05) is 19.1 Å². The van der Waals surface area contributed by atoms with Crippen molar-refractivity contribution in [3.05, 3.63) is 0 Å². The minimum absolute atomic E-state index is 0.233. The topological polar surface area (TPSA) is 41.3 Å². The van der Waals surface area contributed by atoms with Crippen LogP contribution in [-0.4, -0.2) is 49.8 Å². The second kappa shape index (κ2) is 5.84. The predicted molar refractivity (Wildman–Crippen MR) is 57.1 cm³/mol. The fourth-order valence-corrected chi connectivity index (χ4v) is 1.93. The average Bonchev–Trinajstić information content (AvgIpc) is 2.59. The first-order valence-electron chi connectivity index (χ1n) is 5.63. The molecule has 1 saturated heterocycles. The van der Waals surface area contributed by atoms with Crippen LogP contribution >= 0.6 is 0 Å². The molecule has 16 heavy (non-hydrogen) atoms. The van der Waals surface area contributed by atoms with Crippen molar-refractivity contribution in [3.8, 4) is 0 Å². The van der Waals surface area contributed by atoms with Gasteiger partial charge in [0.1, 0.15) is 0 Å². The summed E-state index contributed by atoms with van der Waals surface area (Å²) in [6, 6.07) is 0.233. The second-order valence-electron chi connectivity index (χ2n) is 4.55. The van der Waals surface area contributed by atoms with Crippen molar-refractivity contribution in [1.82, 2.24) is 10.2 Å². The highest BCUT2D eigenvalue weighted by molar-refractivity contribution is 4.79. The Morgan fingerprint density at radius 3 is 2.75 bits per heavy atom. The third-order valence-electron chi connectivity index (χ3n) is 2.88. The molecule has 2 atom stereocenters. The molecule has 0 radical (unpaired) electrons. The van der Waals surface area contributed by atoms with E-state index in [9.17, 15) is 13.2 Å². The molecular formula is C10H20F3N3. The molecule has 3 N–H and O–H groups in total. The number of nitrogens with one attached hydrogen (secondary N) is 1. The molecule has 0 bridgehead atoms. The first-order valence-corrected chi connectivity index (χ1v) is 5.63. The Balaban J connectivity index is 2.20. The molecule has 1 aliphatic rings. The maximum absolute atomic E-state index is 12.1. The van der Waals surface area contributed by atoms with Crippen LogP contribution < -0.4 is 11.1 Å². The van der Waals surface area contributed by atoms with E-state index in [1.54, 1.807) is 0 Å². The lowest BCUT2D eigenvalue weighted by molar-refractivity contribution is -0.143. The summed E-state index contributed by atoms with van der Waals surface area (Å²) in [6.45, 7) is 3.58. The van der Waals surface area contributed by atoms with Gasteiger partial charge in [0.05, 0.1) is 6.54 Å². The van der Waals surface area contributed by atoms with Crippen LogP contribution in [0.1, 0.15) is 13.3 Å². The minimum Gasteiger partial charge on any atom is -0.329 e. The summed E-state index contributed by atoms with van der Waals surface area (Å²) in [5.74, 6) is 0.316. The Kier molecular flexibility index (Phi) is 5.01. The first-order chi connectivity index (χ1) is 7.40. The number of nitrogens with two attached hydrogens (primary N) is 1. The Bertz CT molecular complexity index is 208. The third kappa shape index (κ3) is 5.14. The van der Waals surface area contributed by atoms with E-state index in [4.69, 9.17) is 5.73 Å². The van der Waals surface area contributed by atoms with Crippen LogP contribution in [0.15, 0.2) is 0 Å². The fraction of sp³-hybridized carbons (Fsp3) is 1.00. The third-order valence-corrected chi connectivity index (χ3v) is 2.88. The molecule has 3 nitrogen and oxygen atoms in total. The van der Waals surface area contributed by atoms with Crippen LogP contribution in [0.3, 0.4) is 0 Å². The molecule has 0 aliphatic carbocycles. The number of likely N-dealkylation sites (tertiary alicyclic amines) is 1. The van der Waals surface area contributed by atoms with Gasteiger partial charge in [-0.3, -0.25) is 4.90 Å². The minimum atomic E-state index is -4.08. The van der Waals surface area contributed by atoms with E-state index >= 15 is 0 Å². The molecule has 2 unspecified atom stereocenters. The zero-order valence-electron chi connectivity index (χ0n) is 9.56. The molecule has 0 saturated carbocycles. The van der Waals surface area contributed by atoms with Crippen LogP contribution in [0.2, 0.25) is 0 Å². The van der Waals surface area contributed by atoms with Crippen molar-refractivity contribution >= 4 is 0 Å². The number of hydrogen-bond donors (Lipinski definition) is 2. The van der Waals surface area contributed by atoms with Gasteiger partial charge in [-0.1, -0.05) is 0 Å². The molecule has 1 fully saturated rings. The Morgan fingerprint density at radius 1 is 1.50 bits per heavy atom. The van der Waals surface area contributed by atoms with E-state index in [1.807, 2.05) is 6.92 Å². The van der Waals surface area contributed by atoms with Crippen LogP contribution in [0, 0.1) is 5.92 Å². The molecule has 0 aromatic carbocycles. The quantitative estimate of drug-likeness (QED) is 0.746. The van der Waals surface area contributed by atoms with Gasteiger partial charge >= 0.3 is 6.18 Å². The van der Waals surface area contributed by atoms with Crippen LogP contribution in [0.25, 0.3) is 0 Å². The normalized spacial score (nSPS) is 24.9. The molecule has 0 amide bonds. The van der Waals surface area contributed by atoms with Crippen molar-refractivity contribution in [3.63, 3.8) is 0 Å². The molecule has 0 spiro atoms. The fourth-order valence-electron chi connectivity index (χ4n) is 1.93. The first kappa shape index (κ1) is 13.7. The lowest BCUT2D eigenvalue weighted by atomic mass is 10.1. The zero-order chi connectivity index (χ0) is 12.2. The van der Waals surface area contributed by atoms with Crippen LogP contribution in [0.4, 0.5) is 13.2 Å². The predicted octanol–water partition coefficient (Wildman–Crippen LogP) is 0.807. The Labute approximate surface area is 94.2 Å². The summed E-state index contributed by atoms with van der Waals surface area (Å²) in [4.78, 5) is 1.47. The van der Waals surface area contributed by atoms with Crippen molar-refractivity contribution in [2.45, 2.75) is 25.6 Å². The smallest absolute Gasteiger partial charge is 0.329 e. The number of nitrogens with zero attached hydrogens (tertiary/aromatic N) is 1. The molecule has 6 heteroatoms. The number of rotatable bonds is 5. The SMILES string of the molecule is CC(CN)NCC1CCN(CC(F)(F)F)C1. The standard InChI is InChI=1S/C10H20F3N3/c1-8(4-14)15-5-9-2-3-16(6-9)7-10(11,12)13/h8-9,15H,2-7,14H2,1H3. The largest absolute Gasteiger partial charge is 0.401 e. The van der Waals surface area contributed by atoms with E-state index in [0.717, 1.165) is 13.0 Å². The number of hydrogen-bond acceptors (Lipinski definition) is 3. The van der Waals surface area contributed by atoms with Crippen molar-refractivity contribution < 1.29 is 13.2 Å². The van der Waals surface area contributed by atoms with Gasteiger partial charge in [0.2, 0.25) is 0 Å². The second-order valence-corrected chi connectivity index (χ2v) is 4.55. The lowest BCUT2D eigenvalue weighted by Crippen LogP contribution is -2.38. The van der Waals surface area contributed by atoms with E-state index < -0.39 is 12.7 Å². The lowest BCUT2D eigenvalue weighted by Gasteiger charge is -2.19. The summed E-state index contributed by atoms with van der Waals surface area (Å²) >= 11 is 0. The summed E-state index contributed by atoms with van der Waals surface area (Å²) in [5, 5.41) is 3.22. The highest BCUT2D eigenvalue weighted by atomic mass is 19.4. The highest BCUT2D eigenvalue weighted by Gasteiger charge is 2.34. The molecule has 1 aliphatic heterocycles. The number of alkyl halides is 3. The summed E-state index contributed by atoms with van der Waals surface area (Å²) in [7, 11) is 0. The van der Waals surface area contributed by atoms with E-state index in [1.165, 1.54) is 4.90 Å². The summed E-state index contributed by atoms with van der Waals surface area (Å²) in [6.07, 6.45) is -3.24. The Hall–Kier alpha value is -0.330. The average molecular weight is 239 g/mol. The van der Waals surface area contributed by atoms with Crippen molar-refractivity contribution in [1.29, 1.82) is 0 Å². The van der Waals surface area contributed by atoms with Gasteiger partial charge in [-0.05, 0) is 32.4 Å². The van der Waals surface area contributed by atoms with Crippen LogP contribution in [0.5, 0.6) is 0 Å². The van der Waals surface area contributed by atoms with E-state index in [0.29, 0.717) is 25.6 Å². The molecule has 0 aromatic rings. The van der Waals surface area contributed by atoms with Gasteiger partial charge < -0.3 is 11.1 Å². The summed E-state index contributed by atoms with van der Waals surface area (Å²) in [5.41, 5.74) is 5.45. The van der Waals surface area contributed by atoms with Gasteiger partial charge in [-0.15, -0.1) is 0 Å². The molecule has 96 valence electrons. The molecule has 1 heterocycles. The van der Waals surface area contributed by atoms with Crippen LogP contribution in [-0.2, 0) is 0 Å². The molecule has 0 aromatic heterocycles. The Morgan fingerprint density at radius 2 is 2.19 bits per heavy atom. The van der Waals surface area contributed by atoms with Gasteiger partial charge in [-0.25, -0.2) is 0 Å². The van der Waals surface area contributed by atoms with E-state index in [2.05, 4.69) is 5.32 Å². The van der Waals surface area contributed by atoms with Crippen molar-refractivity contribution in [2.75, 3.05) is 32.7 Å². The number of halogens is 3. The molecule has 1 rings (SSSR count). The monoisotopic (exact) mass is 239 g/mol. The van der Waals surface area contributed by atoms with E-state index in [-0.39, 0.29) is 6.04 Å². The maximum atomic E-state index is 12.1. The summed E-state index contributed by atoms with van der Waals surface area (Å²) < 4.78 is 36.4.